The second-order valence-corrected chi connectivity index (χ2v) is 10.5. The van der Waals surface area contributed by atoms with E-state index in [0.29, 0.717) is 44.1 Å². The summed E-state index contributed by atoms with van der Waals surface area (Å²) in [5, 5.41) is 24.3. The molecule has 5 rings (SSSR count). The standard InChI is InChI=1S/C27H21ClN4O6S/c1-30-27(33)25-21-11-20(16-3-4-16)23(12-24(21)38-26(25)17-5-7-19(28)8-6-17)31(39(36)37)14-15-2-9-22(32(34)35)18(10-15)13-29/h2,5-12,16,39H,3-4,14H2,1H3,(H,30,33). The summed E-state index contributed by atoms with van der Waals surface area (Å²) in [6.07, 6.45) is 1.71. The van der Waals surface area contributed by atoms with E-state index in [1.807, 2.05) is 0 Å². The van der Waals surface area contributed by atoms with E-state index in [1.165, 1.54) is 25.2 Å². The number of nitrogens with zero attached hydrogens (tertiary/aromatic N) is 3. The van der Waals surface area contributed by atoms with E-state index in [0.717, 1.165) is 22.7 Å². The lowest BCUT2D eigenvalue weighted by molar-refractivity contribution is -0.385. The molecule has 1 fully saturated rings. The molecule has 0 aliphatic heterocycles. The van der Waals surface area contributed by atoms with Gasteiger partial charge >= 0.3 is 0 Å². The molecule has 12 heteroatoms. The van der Waals surface area contributed by atoms with Gasteiger partial charge in [0.2, 0.25) is 10.9 Å². The highest BCUT2D eigenvalue weighted by molar-refractivity contribution is 7.74. The number of carbonyl (C=O) groups is 1. The third-order valence-electron chi connectivity index (χ3n) is 6.60. The van der Waals surface area contributed by atoms with Crippen LogP contribution in [0.1, 0.15) is 45.8 Å². The molecule has 3 aromatic carbocycles. The number of anilines is 1. The minimum Gasteiger partial charge on any atom is -0.455 e. The number of halogens is 1. The van der Waals surface area contributed by atoms with Crippen molar-refractivity contribution in [2.45, 2.75) is 25.3 Å². The van der Waals surface area contributed by atoms with Crippen LogP contribution >= 0.6 is 11.6 Å². The first-order valence-electron chi connectivity index (χ1n) is 11.9. The van der Waals surface area contributed by atoms with Crippen molar-refractivity contribution in [3.63, 3.8) is 0 Å². The van der Waals surface area contributed by atoms with Crippen molar-refractivity contribution in [1.29, 1.82) is 5.26 Å². The fourth-order valence-electron chi connectivity index (χ4n) is 4.58. The summed E-state index contributed by atoms with van der Waals surface area (Å²) < 4.78 is 32.4. The van der Waals surface area contributed by atoms with Crippen molar-refractivity contribution in [3.8, 4) is 17.4 Å². The third kappa shape index (κ3) is 5.04. The average molecular weight is 565 g/mol. The molecule has 0 bridgehead atoms. The quantitative estimate of drug-likeness (QED) is 0.167. The molecule has 1 aromatic heterocycles. The summed E-state index contributed by atoms with van der Waals surface area (Å²) >= 11 is 6.04. The second kappa shape index (κ2) is 10.4. The van der Waals surface area contributed by atoms with Gasteiger partial charge in [-0.05, 0) is 66.3 Å². The predicted molar refractivity (Wildman–Crippen MR) is 146 cm³/mol. The van der Waals surface area contributed by atoms with Crippen molar-refractivity contribution in [2.75, 3.05) is 11.4 Å². The molecule has 1 amide bonds. The smallest absolute Gasteiger partial charge is 0.287 e. The SMILES string of the molecule is CNC(=O)c1c(-c2ccc(Cl)cc2)oc2cc(N(Cc3ccc([N+](=O)[O-])c(C#N)c3)[SH](=O)=O)c(C3CC3)cc12. The summed E-state index contributed by atoms with van der Waals surface area (Å²) in [7, 11) is -1.63. The molecule has 1 aliphatic rings. The van der Waals surface area contributed by atoms with Crippen molar-refractivity contribution in [1.82, 2.24) is 5.32 Å². The Hall–Kier alpha value is -4.40. The van der Waals surface area contributed by atoms with Gasteiger partial charge in [0.15, 0.2) is 0 Å². The van der Waals surface area contributed by atoms with Crippen LogP contribution in [0.3, 0.4) is 0 Å². The topological polar surface area (TPSA) is 147 Å². The van der Waals surface area contributed by atoms with Crippen LogP contribution in [-0.4, -0.2) is 26.3 Å². The van der Waals surface area contributed by atoms with Crippen LogP contribution in [0.4, 0.5) is 11.4 Å². The highest BCUT2D eigenvalue weighted by Gasteiger charge is 2.32. The first-order valence-corrected chi connectivity index (χ1v) is 13.4. The Labute approximate surface area is 229 Å². The number of amides is 1. The van der Waals surface area contributed by atoms with E-state index in [1.54, 1.807) is 42.5 Å². The number of carbonyl (C=O) groups excluding carboxylic acids is 1. The van der Waals surface area contributed by atoms with Crippen molar-refractivity contribution in [2.24, 2.45) is 0 Å². The molecule has 1 aliphatic carbocycles. The first-order chi connectivity index (χ1) is 18.7. The number of nitro benzene ring substituents is 1. The molecule has 10 nitrogen and oxygen atoms in total. The second-order valence-electron chi connectivity index (χ2n) is 9.09. The van der Waals surface area contributed by atoms with E-state index < -0.39 is 15.8 Å². The van der Waals surface area contributed by atoms with E-state index in [9.17, 15) is 28.6 Å². The molecule has 4 aromatic rings. The summed E-state index contributed by atoms with van der Waals surface area (Å²) in [5.41, 5.74) is 2.31. The minimum absolute atomic E-state index is 0.0970. The number of hydrogen-bond donors (Lipinski definition) is 2. The van der Waals surface area contributed by atoms with E-state index in [-0.39, 0.29) is 29.6 Å². The average Bonchev–Trinajstić information content (AvgIpc) is 3.71. The molecule has 1 saturated carbocycles. The Balaban J connectivity index is 1.67. The van der Waals surface area contributed by atoms with Crippen LogP contribution in [0.2, 0.25) is 5.02 Å². The van der Waals surface area contributed by atoms with E-state index in [4.69, 9.17) is 16.0 Å². The summed E-state index contributed by atoms with van der Waals surface area (Å²) in [5.74, 6) is 0.0710. The number of nitriles is 1. The number of benzene rings is 3. The Morgan fingerprint density at radius 3 is 2.51 bits per heavy atom. The maximum atomic E-state index is 13.0. The van der Waals surface area contributed by atoms with Crippen molar-refractivity contribution in [3.05, 3.63) is 92.0 Å². The molecule has 1 heterocycles. The van der Waals surface area contributed by atoms with Gasteiger partial charge in [0.05, 0.1) is 22.7 Å². The Morgan fingerprint density at radius 2 is 1.92 bits per heavy atom. The van der Waals surface area contributed by atoms with Crippen LogP contribution in [-0.2, 0) is 17.4 Å². The van der Waals surface area contributed by atoms with Crippen molar-refractivity contribution < 1.29 is 22.6 Å². The Kier molecular flexibility index (Phi) is 6.99. The van der Waals surface area contributed by atoms with Crippen LogP contribution in [0, 0.1) is 21.4 Å². The number of nitrogens with one attached hydrogen (secondary N) is 1. The first kappa shape index (κ1) is 26.2. The maximum absolute atomic E-state index is 13.0. The Morgan fingerprint density at radius 1 is 1.21 bits per heavy atom. The van der Waals surface area contributed by atoms with Gasteiger partial charge in [-0.2, -0.15) is 5.26 Å². The van der Waals surface area contributed by atoms with Gasteiger partial charge < -0.3 is 9.73 Å². The zero-order valence-electron chi connectivity index (χ0n) is 20.5. The zero-order chi connectivity index (χ0) is 27.8. The minimum atomic E-state index is -3.15. The van der Waals surface area contributed by atoms with Gasteiger partial charge in [0.25, 0.3) is 11.6 Å². The lowest BCUT2D eigenvalue weighted by Crippen LogP contribution is -2.22. The molecular weight excluding hydrogens is 544 g/mol. The predicted octanol–water partition coefficient (Wildman–Crippen LogP) is 5.30. The molecule has 198 valence electrons. The number of rotatable bonds is 8. The zero-order valence-corrected chi connectivity index (χ0v) is 22.2. The normalized spacial score (nSPS) is 12.9. The molecule has 0 spiro atoms. The summed E-state index contributed by atoms with van der Waals surface area (Å²) in [6, 6.07) is 16.0. The fraction of sp³-hybridized carbons (Fsp3) is 0.185. The van der Waals surface area contributed by atoms with Crippen LogP contribution in [0.15, 0.2) is 59.0 Å². The Bertz CT molecular complexity index is 1740. The van der Waals surface area contributed by atoms with Crippen LogP contribution < -0.4 is 9.62 Å². The monoisotopic (exact) mass is 564 g/mol. The van der Waals surface area contributed by atoms with E-state index >= 15 is 0 Å². The van der Waals surface area contributed by atoms with Gasteiger partial charge in [-0.25, -0.2) is 8.42 Å². The summed E-state index contributed by atoms with van der Waals surface area (Å²) in [6.45, 7) is -0.149. The maximum Gasteiger partial charge on any atom is 0.287 e. The molecule has 0 radical (unpaired) electrons. The van der Waals surface area contributed by atoms with Crippen LogP contribution in [0.25, 0.3) is 22.3 Å². The lowest BCUT2D eigenvalue weighted by atomic mass is 10.00. The third-order valence-corrected chi connectivity index (χ3v) is 7.60. The molecule has 0 unspecified atom stereocenters. The van der Waals surface area contributed by atoms with Crippen molar-refractivity contribution >= 4 is 50.7 Å². The molecule has 39 heavy (non-hydrogen) atoms. The van der Waals surface area contributed by atoms with Gasteiger partial charge in [-0.3, -0.25) is 19.2 Å². The number of nitro groups is 1. The number of thiol groups is 1. The lowest BCUT2D eigenvalue weighted by Gasteiger charge is -2.21. The van der Waals surface area contributed by atoms with Crippen LogP contribution in [0.5, 0.6) is 0 Å². The van der Waals surface area contributed by atoms with E-state index in [2.05, 4.69) is 5.32 Å². The molecular formula is C27H21ClN4O6S. The highest BCUT2D eigenvalue weighted by Crippen LogP contribution is 2.48. The molecule has 0 atom stereocenters. The van der Waals surface area contributed by atoms with Gasteiger partial charge in [0.1, 0.15) is 23.0 Å². The number of furan rings is 1. The van der Waals surface area contributed by atoms with Gasteiger partial charge in [-0.1, -0.05) is 17.7 Å². The van der Waals surface area contributed by atoms with Gasteiger partial charge in [0, 0.05) is 35.2 Å². The number of hydrogen-bond acceptors (Lipinski definition) is 7. The molecule has 0 saturated heterocycles. The highest BCUT2D eigenvalue weighted by atomic mass is 35.5. The summed E-state index contributed by atoms with van der Waals surface area (Å²) in [4.78, 5) is 23.5. The number of fused-ring (bicyclic) bond motifs is 1. The fourth-order valence-corrected chi connectivity index (χ4v) is 5.34. The largest absolute Gasteiger partial charge is 0.455 e. The van der Waals surface area contributed by atoms with Gasteiger partial charge in [-0.15, -0.1) is 0 Å². The molecule has 1 N–H and O–H groups in total.